The van der Waals surface area contributed by atoms with E-state index in [1.165, 1.54) is 43.1 Å². The highest BCUT2D eigenvalue weighted by Gasteiger charge is 2.33. The van der Waals surface area contributed by atoms with Gasteiger partial charge >= 0.3 is 0 Å². The SMILES string of the molecule is C1=CCC(C2=c3ccccc3=C(c3ccc4c(c3)oc3cc5ccccc5cc34)C3C=CC=CC23)C=C1. The molecule has 0 N–H and O–H groups in total. The van der Waals surface area contributed by atoms with Crippen LogP contribution in [0.1, 0.15) is 12.0 Å². The fourth-order valence-corrected chi connectivity index (χ4v) is 6.74. The lowest BCUT2D eigenvalue weighted by Crippen LogP contribution is -2.41. The minimum absolute atomic E-state index is 0.304. The molecule has 5 aromatic rings. The number of allylic oxidation sites excluding steroid dienone is 8. The molecule has 0 fully saturated rings. The molecule has 0 radical (unpaired) electrons. The van der Waals surface area contributed by atoms with E-state index in [0.29, 0.717) is 17.8 Å². The van der Waals surface area contributed by atoms with Crippen molar-refractivity contribution in [3.63, 3.8) is 0 Å². The van der Waals surface area contributed by atoms with Crippen LogP contribution in [-0.4, -0.2) is 0 Å². The van der Waals surface area contributed by atoms with Gasteiger partial charge in [0.15, 0.2) is 0 Å². The first kappa shape index (κ1) is 20.8. The molecule has 3 aliphatic carbocycles. The molecule has 3 aliphatic rings. The fraction of sp³-hybridized carbons (Fsp3) is 0.111. The lowest BCUT2D eigenvalue weighted by molar-refractivity contribution is 0.628. The Balaban J connectivity index is 1.40. The first-order valence-electron chi connectivity index (χ1n) is 13.2. The normalized spacial score (nSPS) is 22.2. The number of hydrogen-bond acceptors (Lipinski definition) is 1. The molecule has 1 aromatic heterocycles. The monoisotopic (exact) mass is 474 g/mol. The maximum atomic E-state index is 6.47. The van der Waals surface area contributed by atoms with Gasteiger partial charge in [-0.2, -0.15) is 0 Å². The van der Waals surface area contributed by atoms with Gasteiger partial charge in [0.05, 0.1) is 0 Å². The van der Waals surface area contributed by atoms with Crippen LogP contribution in [0.5, 0.6) is 0 Å². The van der Waals surface area contributed by atoms with E-state index in [1.807, 2.05) is 0 Å². The smallest absolute Gasteiger partial charge is 0.136 e. The summed E-state index contributed by atoms with van der Waals surface area (Å²) in [6, 6.07) is 28.8. The van der Waals surface area contributed by atoms with Crippen molar-refractivity contribution in [1.29, 1.82) is 0 Å². The van der Waals surface area contributed by atoms with Crippen molar-refractivity contribution in [3.05, 3.63) is 143 Å². The predicted molar refractivity (Wildman–Crippen MR) is 154 cm³/mol. The molecule has 37 heavy (non-hydrogen) atoms. The second-order valence-electron chi connectivity index (χ2n) is 10.4. The van der Waals surface area contributed by atoms with Gasteiger partial charge in [0, 0.05) is 28.5 Å². The molecule has 0 aliphatic heterocycles. The number of hydrogen-bond donors (Lipinski definition) is 0. The molecule has 0 saturated heterocycles. The van der Waals surface area contributed by atoms with E-state index in [1.54, 1.807) is 5.57 Å². The van der Waals surface area contributed by atoms with Crippen molar-refractivity contribution in [2.24, 2.45) is 17.8 Å². The Morgan fingerprint density at radius 2 is 1.32 bits per heavy atom. The zero-order chi connectivity index (χ0) is 24.3. The first-order valence-corrected chi connectivity index (χ1v) is 13.2. The molecular weight excluding hydrogens is 448 g/mol. The van der Waals surface area contributed by atoms with E-state index >= 15 is 0 Å². The minimum Gasteiger partial charge on any atom is -0.456 e. The van der Waals surface area contributed by atoms with Crippen molar-refractivity contribution >= 4 is 43.9 Å². The molecule has 0 saturated carbocycles. The highest BCUT2D eigenvalue weighted by molar-refractivity contribution is 6.10. The second kappa shape index (κ2) is 8.08. The zero-order valence-electron chi connectivity index (χ0n) is 20.5. The van der Waals surface area contributed by atoms with Crippen LogP contribution in [0.4, 0.5) is 0 Å². The quantitative estimate of drug-likeness (QED) is 0.257. The summed E-state index contributed by atoms with van der Waals surface area (Å²) in [5, 5.41) is 7.55. The third-order valence-corrected chi connectivity index (χ3v) is 8.39. The Kier molecular flexibility index (Phi) is 4.54. The Hall–Kier alpha value is -4.36. The summed E-state index contributed by atoms with van der Waals surface area (Å²) in [6.45, 7) is 0. The molecule has 0 amide bonds. The van der Waals surface area contributed by atoms with Gasteiger partial charge < -0.3 is 4.42 Å². The summed E-state index contributed by atoms with van der Waals surface area (Å²) >= 11 is 0. The molecule has 0 bridgehead atoms. The van der Waals surface area contributed by atoms with Crippen LogP contribution in [0.2, 0.25) is 0 Å². The molecule has 8 rings (SSSR count). The van der Waals surface area contributed by atoms with Gasteiger partial charge in [-0.25, -0.2) is 0 Å². The number of fused-ring (bicyclic) bond motifs is 6. The molecular formula is C36H26O. The molecule has 0 spiro atoms. The Morgan fingerprint density at radius 3 is 2.16 bits per heavy atom. The van der Waals surface area contributed by atoms with Gasteiger partial charge in [0.1, 0.15) is 11.2 Å². The number of benzene rings is 4. The van der Waals surface area contributed by atoms with Gasteiger partial charge in [-0.05, 0) is 68.6 Å². The van der Waals surface area contributed by atoms with Crippen molar-refractivity contribution in [3.8, 4) is 0 Å². The average molecular weight is 475 g/mol. The molecule has 176 valence electrons. The van der Waals surface area contributed by atoms with Crippen LogP contribution in [0.25, 0.3) is 43.9 Å². The van der Waals surface area contributed by atoms with E-state index in [0.717, 1.165) is 17.6 Å². The lowest BCUT2D eigenvalue weighted by Gasteiger charge is -2.36. The highest BCUT2D eigenvalue weighted by atomic mass is 16.3. The van der Waals surface area contributed by atoms with Crippen molar-refractivity contribution in [2.75, 3.05) is 0 Å². The fourth-order valence-electron chi connectivity index (χ4n) is 6.74. The predicted octanol–water partition coefficient (Wildman–Crippen LogP) is 7.59. The third-order valence-electron chi connectivity index (χ3n) is 8.39. The van der Waals surface area contributed by atoms with Crippen molar-refractivity contribution in [1.82, 2.24) is 0 Å². The van der Waals surface area contributed by atoms with E-state index < -0.39 is 0 Å². The van der Waals surface area contributed by atoms with Crippen molar-refractivity contribution in [2.45, 2.75) is 6.42 Å². The lowest BCUT2D eigenvalue weighted by atomic mass is 9.68. The summed E-state index contributed by atoms with van der Waals surface area (Å²) in [5.74, 6) is 1.09. The average Bonchev–Trinajstić information content (AvgIpc) is 3.31. The largest absolute Gasteiger partial charge is 0.456 e. The zero-order valence-corrected chi connectivity index (χ0v) is 20.5. The Bertz CT molecular complexity index is 1970. The molecule has 1 nitrogen and oxygen atoms in total. The van der Waals surface area contributed by atoms with E-state index in [-0.39, 0.29) is 0 Å². The van der Waals surface area contributed by atoms with E-state index in [2.05, 4.69) is 127 Å². The van der Waals surface area contributed by atoms with Crippen LogP contribution in [0.15, 0.2) is 132 Å². The Morgan fingerprint density at radius 1 is 0.595 bits per heavy atom. The van der Waals surface area contributed by atoms with Crippen LogP contribution in [-0.2, 0) is 0 Å². The van der Waals surface area contributed by atoms with Gasteiger partial charge in [-0.3, -0.25) is 0 Å². The summed E-state index contributed by atoms with van der Waals surface area (Å²) in [4.78, 5) is 0. The second-order valence-corrected chi connectivity index (χ2v) is 10.4. The molecule has 4 aromatic carbocycles. The molecule has 1 heteroatoms. The summed E-state index contributed by atoms with van der Waals surface area (Å²) in [5.41, 5.74) is 6.09. The standard InChI is InChI=1S/C36H26O/c1-2-10-23(11-3-1)35-28-14-6-8-16-30(28)36(31-17-9-7-15-29(31)35)26-18-19-27-32-20-24-12-4-5-13-25(24)21-34(32)37-33(27)22-26/h1-10,12-23,28,30H,11H2. The maximum Gasteiger partial charge on any atom is 0.136 e. The maximum absolute atomic E-state index is 6.47. The topological polar surface area (TPSA) is 13.1 Å². The van der Waals surface area contributed by atoms with Gasteiger partial charge in [0.2, 0.25) is 0 Å². The molecule has 1 heterocycles. The number of furan rings is 1. The van der Waals surface area contributed by atoms with Gasteiger partial charge in [-0.15, -0.1) is 0 Å². The Labute approximate surface area is 215 Å². The summed E-state index contributed by atoms with van der Waals surface area (Å²) in [7, 11) is 0. The third kappa shape index (κ3) is 3.17. The van der Waals surface area contributed by atoms with Crippen LogP contribution < -0.4 is 10.4 Å². The summed E-state index contributed by atoms with van der Waals surface area (Å²) < 4.78 is 6.47. The van der Waals surface area contributed by atoms with E-state index in [9.17, 15) is 0 Å². The van der Waals surface area contributed by atoms with Crippen molar-refractivity contribution < 1.29 is 4.42 Å². The first-order chi connectivity index (χ1) is 18.3. The minimum atomic E-state index is 0.304. The molecule has 3 atom stereocenters. The van der Waals surface area contributed by atoms with Gasteiger partial charge in [-0.1, -0.05) is 103 Å². The van der Waals surface area contributed by atoms with Crippen LogP contribution in [0, 0.1) is 17.8 Å². The number of rotatable bonds is 2. The van der Waals surface area contributed by atoms with Crippen LogP contribution in [0.3, 0.4) is 0 Å². The molecule has 3 unspecified atom stereocenters. The summed E-state index contributed by atoms with van der Waals surface area (Å²) in [6.07, 6.45) is 19.4. The van der Waals surface area contributed by atoms with Gasteiger partial charge in [0.25, 0.3) is 0 Å². The van der Waals surface area contributed by atoms with Crippen LogP contribution >= 0.6 is 0 Å². The highest BCUT2D eigenvalue weighted by Crippen LogP contribution is 2.43. The van der Waals surface area contributed by atoms with E-state index in [4.69, 9.17) is 4.42 Å².